The van der Waals surface area contributed by atoms with Crippen molar-refractivity contribution in [1.82, 2.24) is 0 Å². The van der Waals surface area contributed by atoms with Gasteiger partial charge >= 0.3 is 0 Å². The van der Waals surface area contributed by atoms with Gasteiger partial charge in [0.2, 0.25) is 0 Å². The Bertz CT molecular complexity index is 285. The minimum absolute atomic E-state index is 0.452. The molecule has 0 amide bonds. The minimum Gasteiger partial charge on any atom is -0.312 e. The van der Waals surface area contributed by atoms with Crippen LogP contribution in [0.15, 0.2) is 11.4 Å². The second kappa shape index (κ2) is 4.24. The van der Waals surface area contributed by atoms with E-state index < -0.39 is 6.04 Å². The molecular weight excluding hydrogens is 168 g/mol. The Morgan fingerprint density at radius 3 is 3.08 bits per heavy atom. The summed E-state index contributed by atoms with van der Waals surface area (Å²) in [6.07, 6.45) is 2.23. The van der Waals surface area contributed by atoms with Crippen LogP contribution in [0.2, 0.25) is 0 Å². The van der Waals surface area contributed by atoms with Crippen molar-refractivity contribution in [2.45, 2.75) is 25.8 Å². The topological polar surface area (TPSA) is 49.8 Å². The average molecular weight is 180 g/mol. The predicted octanol–water partition coefficient (Wildman–Crippen LogP) is 2.22. The highest BCUT2D eigenvalue weighted by Gasteiger charge is 2.06. The summed E-state index contributed by atoms with van der Waals surface area (Å²) < 4.78 is 0. The maximum Gasteiger partial charge on any atom is 0.119 e. The first kappa shape index (κ1) is 9.24. The van der Waals surface area contributed by atoms with Crippen LogP contribution in [0, 0.1) is 11.3 Å². The van der Waals surface area contributed by atoms with E-state index in [1.165, 1.54) is 4.88 Å². The monoisotopic (exact) mass is 180 g/mol. The van der Waals surface area contributed by atoms with E-state index in [4.69, 9.17) is 11.0 Å². The van der Waals surface area contributed by atoms with Crippen LogP contribution < -0.4 is 5.73 Å². The average Bonchev–Trinajstić information content (AvgIpc) is 2.52. The van der Waals surface area contributed by atoms with Gasteiger partial charge < -0.3 is 5.73 Å². The van der Waals surface area contributed by atoms with Crippen LogP contribution in [0.1, 0.15) is 29.8 Å². The van der Waals surface area contributed by atoms with E-state index in [0.29, 0.717) is 0 Å². The number of aryl methyl sites for hydroxylation is 1. The first-order valence-electron chi connectivity index (χ1n) is 4.00. The molecule has 0 fully saturated rings. The van der Waals surface area contributed by atoms with Crippen LogP contribution in [0.25, 0.3) is 0 Å². The molecule has 0 saturated carbocycles. The molecule has 12 heavy (non-hydrogen) atoms. The highest BCUT2D eigenvalue weighted by molar-refractivity contribution is 7.10. The summed E-state index contributed by atoms with van der Waals surface area (Å²) in [7, 11) is 0. The molecule has 1 heterocycles. The molecule has 2 nitrogen and oxygen atoms in total. The first-order chi connectivity index (χ1) is 5.77. The number of hydrogen-bond acceptors (Lipinski definition) is 3. The number of nitrogens with two attached hydrogens (primary N) is 1. The van der Waals surface area contributed by atoms with E-state index in [-0.39, 0.29) is 0 Å². The summed E-state index contributed by atoms with van der Waals surface area (Å²) in [4.78, 5) is 1.32. The van der Waals surface area contributed by atoms with Gasteiger partial charge in [0.15, 0.2) is 0 Å². The molecule has 1 aromatic heterocycles. The van der Waals surface area contributed by atoms with Gasteiger partial charge in [-0.05, 0) is 23.4 Å². The zero-order valence-corrected chi connectivity index (χ0v) is 7.90. The minimum atomic E-state index is -0.452. The van der Waals surface area contributed by atoms with Crippen LogP contribution >= 0.6 is 11.3 Å². The lowest BCUT2D eigenvalue weighted by atomic mass is 10.1. The molecule has 2 N–H and O–H groups in total. The largest absolute Gasteiger partial charge is 0.312 e. The fourth-order valence-corrected chi connectivity index (χ4v) is 2.04. The molecule has 1 atom stereocenters. The van der Waals surface area contributed by atoms with Crippen molar-refractivity contribution >= 4 is 11.3 Å². The lowest BCUT2D eigenvalue weighted by molar-refractivity contribution is 0.915. The fraction of sp³-hybridized carbons (Fsp3) is 0.444. The Morgan fingerprint density at radius 2 is 2.50 bits per heavy atom. The lowest BCUT2D eigenvalue weighted by Crippen LogP contribution is -2.05. The molecule has 3 heteroatoms. The molecule has 0 aliphatic rings. The molecule has 0 saturated heterocycles. The Hall–Kier alpha value is -0.850. The van der Waals surface area contributed by atoms with Gasteiger partial charge in [0.1, 0.15) is 6.04 Å². The van der Waals surface area contributed by atoms with E-state index in [2.05, 4.69) is 6.92 Å². The molecule has 1 aromatic rings. The van der Waals surface area contributed by atoms with Crippen molar-refractivity contribution in [2.24, 2.45) is 5.73 Å². The second-order valence-corrected chi connectivity index (χ2v) is 3.70. The Morgan fingerprint density at radius 1 is 1.75 bits per heavy atom. The molecular formula is C9H12N2S. The maximum absolute atomic E-state index is 8.56. The Kier molecular flexibility index (Phi) is 3.27. The van der Waals surface area contributed by atoms with E-state index in [1.54, 1.807) is 11.3 Å². The van der Waals surface area contributed by atoms with Gasteiger partial charge in [-0.1, -0.05) is 13.3 Å². The zero-order valence-electron chi connectivity index (χ0n) is 7.08. The molecule has 0 bridgehead atoms. The third-order valence-electron chi connectivity index (χ3n) is 1.67. The van der Waals surface area contributed by atoms with Crippen molar-refractivity contribution in [3.63, 3.8) is 0 Å². The molecule has 0 aliphatic carbocycles. The van der Waals surface area contributed by atoms with Gasteiger partial charge in [0.05, 0.1) is 6.07 Å². The zero-order chi connectivity index (χ0) is 8.97. The van der Waals surface area contributed by atoms with Crippen LogP contribution in [-0.2, 0) is 6.42 Å². The van der Waals surface area contributed by atoms with Gasteiger partial charge in [-0.15, -0.1) is 11.3 Å². The normalized spacial score (nSPS) is 12.4. The predicted molar refractivity (Wildman–Crippen MR) is 50.9 cm³/mol. The number of nitriles is 1. The van der Waals surface area contributed by atoms with Crippen LogP contribution in [0.5, 0.6) is 0 Å². The van der Waals surface area contributed by atoms with E-state index >= 15 is 0 Å². The van der Waals surface area contributed by atoms with Crippen molar-refractivity contribution in [3.8, 4) is 6.07 Å². The summed E-state index contributed by atoms with van der Waals surface area (Å²) >= 11 is 1.69. The lowest BCUT2D eigenvalue weighted by Gasteiger charge is -1.95. The fourth-order valence-electron chi connectivity index (χ4n) is 1.01. The second-order valence-electron chi connectivity index (χ2n) is 2.70. The quantitative estimate of drug-likeness (QED) is 0.775. The van der Waals surface area contributed by atoms with Gasteiger partial charge in [0.25, 0.3) is 0 Å². The Labute approximate surface area is 76.6 Å². The number of hydrogen-bond donors (Lipinski definition) is 1. The summed E-state index contributed by atoms with van der Waals surface area (Å²) in [5.41, 5.74) is 6.50. The Balaban J connectivity index is 2.71. The third kappa shape index (κ3) is 2.07. The highest BCUT2D eigenvalue weighted by Crippen LogP contribution is 2.20. The van der Waals surface area contributed by atoms with Crippen molar-refractivity contribution in [1.29, 1.82) is 5.26 Å². The van der Waals surface area contributed by atoms with Crippen LogP contribution in [0.4, 0.5) is 0 Å². The third-order valence-corrected chi connectivity index (χ3v) is 2.68. The number of rotatable bonds is 3. The first-order valence-corrected chi connectivity index (χ1v) is 4.88. The van der Waals surface area contributed by atoms with Crippen LogP contribution in [0.3, 0.4) is 0 Å². The highest BCUT2D eigenvalue weighted by atomic mass is 32.1. The van der Waals surface area contributed by atoms with Gasteiger partial charge in [-0.2, -0.15) is 5.26 Å². The number of nitrogens with zero attached hydrogens (tertiary/aromatic N) is 1. The standard InChI is InChI=1S/C9H12N2S/c1-2-3-8-4-7(6-12-8)9(11)5-10/h4,6,9H,2-3,11H2,1H3. The van der Waals surface area contributed by atoms with E-state index in [0.717, 1.165) is 18.4 Å². The number of thiophene rings is 1. The van der Waals surface area contributed by atoms with Crippen LogP contribution in [-0.4, -0.2) is 0 Å². The molecule has 0 aromatic carbocycles. The smallest absolute Gasteiger partial charge is 0.119 e. The van der Waals surface area contributed by atoms with Gasteiger partial charge in [-0.25, -0.2) is 0 Å². The molecule has 64 valence electrons. The molecule has 0 radical (unpaired) electrons. The van der Waals surface area contributed by atoms with Gasteiger partial charge in [0, 0.05) is 4.88 Å². The van der Waals surface area contributed by atoms with Crippen molar-refractivity contribution in [2.75, 3.05) is 0 Å². The summed E-state index contributed by atoms with van der Waals surface area (Å²) in [6, 6.07) is 3.60. The molecule has 1 rings (SSSR count). The molecule has 1 unspecified atom stereocenters. The van der Waals surface area contributed by atoms with Crippen molar-refractivity contribution < 1.29 is 0 Å². The summed E-state index contributed by atoms with van der Waals surface area (Å²) in [5.74, 6) is 0. The van der Waals surface area contributed by atoms with Crippen molar-refractivity contribution in [3.05, 3.63) is 21.9 Å². The van der Waals surface area contributed by atoms with E-state index in [9.17, 15) is 0 Å². The SMILES string of the molecule is CCCc1cc(C(N)C#N)cs1. The summed E-state index contributed by atoms with van der Waals surface area (Å²) in [5, 5.41) is 10.5. The van der Waals surface area contributed by atoms with Gasteiger partial charge in [-0.3, -0.25) is 0 Å². The molecule has 0 spiro atoms. The summed E-state index contributed by atoms with van der Waals surface area (Å²) in [6.45, 7) is 2.14. The maximum atomic E-state index is 8.56. The van der Waals surface area contributed by atoms with E-state index in [1.807, 2.05) is 17.5 Å². The molecule has 0 aliphatic heterocycles.